The zero-order chi connectivity index (χ0) is 22.1. The third kappa shape index (κ3) is 4.70. The molecule has 0 bridgehead atoms. The van der Waals surface area contributed by atoms with E-state index in [1.807, 2.05) is 0 Å². The number of rotatable bonds is 4. The first-order valence-corrected chi connectivity index (χ1v) is 8.75. The number of alkyl halides is 3. The van der Waals surface area contributed by atoms with Gasteiger partial charge in [-0.1, -0.05) is 0 Å². The van der Waals surface area contributed by atoms with E-state index in [9.17, 15) is 31.5 Å². The number of carbonyl (C=O) groups is 2. The van der Waals surface area contributed by atoms with Crippen LogP contribution in [-0.4, -0.2) is 27.8 Å². The second-order valence-corrected chi connectivity index (χ2v) is 6.62. The normalized spacial score (nSPS) is 20.4. The smallest absolute Gasteiger partial charge is 0.348 e. The summed E-state index contributed by atoms with van der Waals surface area (Å²) in [6, 6.07) is 0.556. The summed E-state index contributed by atoms with van der Waals surface area (Å²) in [5.74, 6) is -4.47. The first kappa shape index (κ1) is 21.6. The molecular formula is C18H16F5N5O2. The lowest BCUT2D eigenvalue weighted by Crippen LogP contribution is -2.56. The van der Waals surface area contributed by atoms with Gasteiger partial charge in [0.1, 0.15) is 23.4 Å². The molecule has 7 nitrogen and oxygen atoms in total. The van der Waals surface area contributed by atoms with Gasteiger partial charge in [-0.2, -0.15) is 13.2 Å². The van der Waals surface area contributed by atoms with Crippen LogP contribution in [0.2, 0.25) is 0 Å². The number of aromatic nitrogens is 2. The van der Waals surface area contributed by atoms with Gasteiger partial charge in [0.2, 0.25) is 11.8 Å². The third-order valence-corrected chi connectivity index (χ3v) is 4.43. The highest BCUT2D eigenvalue weighted by Crippen LogP contribution is 2.34. The summed E-state index contributed by atoms with van der Waals surface area (Å²) in [6.07, 6.45) is -3.34. The van der Waals surface area contributed by atoms with Gasteiger partial charge in [-0.15, -0.1) is 0 Å². The number of hydrogen-bond acceptors (Lipinski definition) is 5. The molecule has 2 unspecified atom stereocenters. The van der Waals surface area contributed by atoms with Crippen molar-refractivity contribution in [1.82, 2.24) is 25.9 Å². The van der Waals surface area contributed by atoms with Crippen LogP contribution < -0.4 is 16.0 Å². The molecule has 3 rings (SSSR count). The van der Waals surface area contributed by atoms with Crippen molar-refractivity contribution >= 4 is 11.8 Å². The largest absolute Gasteiger partial charge is 0.422 e. The van der Waals surface area contributed by atoms with Crippen LogP contribution in [0.25, 0.3) is 0 Å². The number of hydrogen-bond donors (Lipinski definition) is 3. The highest BCUT2D eigenvalue weighted by Gasteiger charge is 2.38. The Hall–Kier alpha value is -3.15. The monoisotopic (exact) mass is 429 g/mol. The first-order valence-electron chi connectivity index (χ1n) is 8.75. The molecule has 1 aromatic carbocycles. The molecule has 12 heteroatoms. The van der Waals surface area contributed by atoms with Crippen LogP contribution in [-0.2, 0) is 15.8 Å². The van der Waals surface area contributed by atoms with Crippen LogP contribution in [0.15, 0.2) is 30.6 Å². The number of benzene rings is 1. The maximum Gasteiger partial charge on any atom is 0.422 e. The highest BCUT2D eigenvalue weighted by molar-refractivity contribution is 5.89. The van der Waals surface area contributed by atoms with Crippen molar-refractivity contribution in [2.45, 2.75) is 37.8 Å². The fraction of sp³-hybridized carbons (Fsp3) is 0.333. The summed E-state index contributed by atoms with van der Waals surface area (Å²) < 4.78 is 65.7. The van der Waals surface area contributed by atoms with Crippen LogP contribution in [0, 0.1) is 11.6 Å². The predicted molar refractivity (Wildman–Crippen MR) is 92.4 cm³/mol. The second kappa shape index (κ2) is 8.30. The lowest BCUT2D eigenvalue weighted by atomic mass is 10.0. The van der Waals surface area contributed by atoms with E-state index in [0.29, 0.717) is 12.1 Å². The van der Waals surface area contributed by atoms with E-state index in [-0.39, 0.29) is 17.8 Å². The Balaban J connectivity index is 1.73. The zero-order valence-electron chi connectivity index (χ0n) is 15.4. The molecule has 2 amide bonds. The van der Waals surface area contributed by atoms with Gasteiger partial charge >= 0.3 is 6.18 Å². The van der Waals surface area contributed by atoms with Crippen molar-refractivity contribution in [1.29, 1.82) is 0 Å². The van der Waals surface area contributed by atoms with E-state index >= 15 is 0 Å². The highest BCUT2D eigenvalue weighted by atomic mass is 19.4. The van der Waals surface area contributed by atoms with Crippen LogP contribution in [0.3, 0.4) is 0 Å². The third-order valence-electron chi connectivity index (χ3n) is 4.43. The molecule has 2 heterocycles. The maximum atomic E-state index is 13.8. The quantitative estimate of drug-likeness (QED) is 0.648. The molecule has 0 radical (unpaired) electrons. The standard InChI is InChI=1S/C18H16F5N5O2/c1-8(9-5-10(19)14(11(20)6-9)18(21,22)23)26-17(30)12-7-13(29)28-16(27-12)15-24-3-2-4-25-15/h2-6,8,12,16,27H,7H2,1H3,(H,26,30)(H,28,29)/t8-,12?,16?/m1/s1. The molecule has 0 saturated carbocycles. The fourth-order valence-electron chi connectivity index (χ4n) is 2.99. The Morgan fingerprint density at radius 1 is 1.20 bits per heavy atom. The molecule has 1 saturated heterocycles. The van der Waals surface area contributed by atoms with Gasteiger partial charge in [0, 0.05) is 12.4 Å². The van der Waals surface area contributed by atoms with Crippen molar-refractivity contribution in [3.63, 3.8) is 0 Å². The zero-order valence-corrected chi connectivity index (χ0v) is 15.4. The summed E-state index contributed by atoms with van der Waals surface area (Å²) >= 11 is 0. The Morgan fingerprint density at radius 3 is 2.37 bits per heavy atom. The molecule has 1 aliphatic rings. The molecule has 1 aliphatic heterocycles. The Bertz CT molecular complexity index is 931. The minimum absolute atomic E-state index is 0.199. The molecule has 3 N–H and O–H groups in total. The summed E-state index contributed by atoms with van der Waals surface area (Å²) in [6.45, 7) is 1.35. The van der Waals surface area contributed by atoms with E-state index < -0.39 is 53.4 Å². The van der Waals surface area contributed by atoms with Crippen molar-refractivity contribution in [3.05, 3.63) is 59.2 Å². The van der Waals surface area contributed by atoms with E-state index in [2.05, 4.69) is 25.9 Å². The number of carbonyl (C=O) groups excluding carboxylic acids is 2. The fourth-order valence-corrected chi connectivity index (χ4v) is 2.99. The minimum Gasteiger partial charge on any atom is -0.348 e. The van der Waals surface area contributed by atoms with E-state index in [4.69, 9.17) is 0 Å². The Kier molecular flexibility index (Phi) is 5.97. The summed E-state index contributed by atoms with van der Waals surface area (Å²) in [5, 5.41) is 7.85. The average molecular weight is 429 g/mol. The molecule has 160 valence electrons. The van der Waals surface area contributed by atoms with Crippen molar-refractivity contribution in [2.24, 2.45) is 0 Å². The minimum atomic E-state index is -5.19. The van der Waals surface area contributed by atoms with E-state index in [0.717, 1.165) is 0 Å². The molecule has 1 aromatic heterocycles. The van der Waals surface area contributed by atoms with Gasteiger partial charge in [-0.3, -0.25) is 14.9 Å². The van der Waals surface area contributed by atoms with Crippen LogP contribution in [0.5, 0.6) is 0 Å². The molecule has 0 spiro atoms. The van der Waals surface area contributed by atoms with Gasteiger partial charge in [-0.25, -0.2) is 18.7 Å². The summed E-state index contributed by atoms with van der Waals surface area (Å²) in [7, 11) is 0. The second-order valence-electron chi connectivity index (χ2n) is 6.62. The molecular weight excluding hydrogens is 413 g/mol. The molecule has 1 fully saturated rings. The Morgan fingerprint density at radius 2 is 1.80 bits per heavy atom. The van der Waals surface area contributed by atoms with Crippen molar-refractivity contribution in [3.8, 4) is 0 Å². The van der Waals surface area contributed by atoms with Gasteiger partial charge in [0.25, 0.3) is 0 Å². The topological polar surface area (TPSA) is 96.0 Å². The van der Waals surface area contributed by atoms with Gasteiger partial charge < -0.3 is 10.6 Å². The number of nitrogens with zero attached hydrogens (tertiary/aromatic N) is 2. The number of halogens is 5. The van der Waals surface area contributed by atoms with Crippen molar-refractivity contribution in [2.75, 3.05) is 0 Å². The predicted octanol–water partition coefficient (Wildman–Crippen LogP) is 2.13. The lowest BCUT2D eigenvalue weighted by Gasteiger charge is -2.30. The lowest BCUT2D eigenvalue weighted by molar-refractivity contribution is -0.142. The van der Waals surface area contributed by atoms with E-state index in [1.165, 1.54) is 19.3 Å². The summed E-state index contributed by atoms with van der Waals surface area (Å²) in [5.41, 5.74) is -2.20. The van der Waals surface area contributed by atoms with Crippen LogP contribution in [0.4, 0.5) is 22.0 Å². The van der Waals surface area contributed by atoms with Gasteiger partial charge in [0.15, 0.2) is 5.82 Å². The van der Waals surface area contributed by atoms with Crippen molar-refractivity contribution < 1.29 is 31.5 Å². The molecule has 2 aromatic rings. The molecule has 3 atom stereocenters. The van der Waals surface area contributed by atoms with Gasteiger partial charge in [-0.05, 0) is 30.7 Å². The SMILES string of the molecule is C[C@@H](NC(=O)C1CC(=O)NC(c2ncccn2)N1)c1cc(F)c(C(F)(F)F)c(F)c1. The number of amides is 2. The van der Waals surface area contributed by atoms with Gasteiger partial charge in [0.05, 0.1) is 18.5 Å². The summed E-state index contributed by atoms with van der Waals surface area (Å²) in [4.78, 5) is 32.5. The number of nitrogens with one attached hydrogen (secondary N) is 3. The first-order chi connectivity index (χ1) is 14.1. The van der Waals surface area contributed by atoms with Crippen LogP contribution >= 0.6 is 0 Å². The van der Waals surface area contributed by atoms with Crippen LogP contribution in [0.1, 0.15) is 42.5 Å². The van der Waals surface area contributed by atoms with E-state index in [1.54, 1.807) is 6.07 Å². The Labute approximate surface area is 167 Å². The maximum absolute atomic E-state index is 13.8. The molecule has 0 aliphatic carbocycles. The molecule has 30 heavy (non-hydrogen) atoms. The average Bonchev–Trinajstić information content (AvgIpc) is 2.66.